The predicted molar refractivity (Wildman–Crippen MR) is 67.4 cm³/mol. The second kappa shape index (κ2) is 6.28. The Hall–Kier alpha value is -0.350. The van der Waals surface area contributed by atoms with Crippen molar-refractivity contribution in [1.29, 1.82) is 0 Å². The molecule has 0 bridgehead atoms. The Kier molecular flexibility index (Phi) is 5.32. The molecule has 1 rings (SSSR count). The first-order chi connectivity index (χ1) is 7.09. The van der Waals surface area contributed by atoms with E-state index >= 15 is 0 Å². The maximum atomic E-state index is 4.14. The van der Waals surface area contributed by atoms with E-state index in [1.807, 2.05) is 17.9 Å². The van der Waals surface area contributed by atoms with Crippen molar-refractivity contribution in [2.75, 3.05) is 6.54 Å². The molecule has 1 aromatic heterocycles. The van der Waals surface area contributed by atoms with E-state index in [-0.39, 0.29) is 0 Å². The molecule has 0 amide bonds. The van der Waals surface area contributed by atoms with Gasteiger partial charge in [0.15, 0.2) is 0 Å². The first kappa shape index (κ1) is 12.7. The van der Waals surface area contributed by atoms with E-state index < -0.39 is 0 Å². The molecule has 2 unspecified atom stereocenters. The quantitative estimate of drug-likeness (QED) is 0.805. The molecule has 3 nitrogen and oxygen atoms in total. The Balaban J connectivity index is 2.19. The Morgan fingerprint density at radius 1 is 1.53 bits per heavy atom. The number of rotatable bonds is 6. The molecule has 0 aliphatic carbocycles. The average molecular weight is 274 g/mol. The van der Waals surface area contributed by atoms with E-state index in [0.29, 0.717) is 10.9 Å². The molecule has 0 aliphatic heterocycles. The van der Waals surface area contributed by atoms with Gasteiger partial charge in [0.2, 0.25) is 0 Å². The lowest BCUT2D eigenvalue weighted by Crippen LogP contribution is -2.30. The lowest BCUT2D eigenvalue weighted by Gasteiger charge is -2.14. The molecule has 4 heteroatoms. The fourth-order valence-corrected chi connectivity index (χ4v) is 2.22. The van der Waals surface area contributed by atoms with Gasteiger partial charge >= 0.3 is 0 Å². The van der Waals surface area contributed by atoms with Gasteiger partial charge < -0.3 is 5.32 Å². The van der Waals surface area contributed by atoms with Crippen molar-refractivity contribution < 1.29 is 0 Å². The van der Waals surface area contributed by atoms with Crippen LogP contribution in [0.25, 0.3) is 0 Å². The average Bonchev–Trinajstić information content (AvgIpc) is 2.50. The molecule has 0 aromatic carbocycles. The van der Waals surface area contributed by atoms with Crippen LogP contribution in [-0.4, -0.2) is 27.2 Å². The summed E-state index contributed by atoms with van der Waals surface area (Å²) in [6.07, 6.45) is 4.04. The van der Waals surface area contributed by atoms with E-state index in [2.05, 4.69) is 46.3 Å². The molecule has 2 atom stereocenters. The van der Waals surface area contributed by atoms with Crippen LogP contribution in [0, 0.1) is 0 Å². The minimum atomic E-state index is 0.563. The highest BCUT2D eigenvalue weighted by Crippen LogP contribution is 2.06. The highest BCUT2D eigenvalue weighted by Gasteiger charge is 2.05. The topological polar surface area (TPSA) is 29.9 Å². The minimum Gasteiger partial charge on any atom is -0.314 e. The predicted octanol–water partition coefficient (Wildman–Crippen LogP) is 2.11. The van der Waals surface area contributed by atoms with Crippen LogP contribution in [0.3, 0.4) is 0 Å². The Morgan fingerprint density at radius 3 is 2.80 bits per heavy atom. The fourth-order valence-electron chi connectivity index (χ4n) is 1.66. The number of hydrogen-bond acceptors (Lipinski definition) is 2. The highest BCUT2D eigenvalue weighted by molar-refractivity contribution is 9.09. The van der Waals surface area contributed by atoms with Crippen LogP contribution in [0.15, 0.2) is 12.3 Å². The van der Waals surface area contributed by atoms with Gasteiger partial charge in [-0.15, -0.1) is 0 Å². The van der Waals surface area contributed by atoms with Crippen molar-refractivity contribution in [3.05, 3.63) is 18.0 Å². The summed E-state index contributed by atoms with van der Waals surface area (Å²) in [4.78, 5) is 0.580. The summed E-state index contributed by atoms with van der Waals surface area (Å²) < 4.78 is 1.93. The Morgan fingerprint density at radius 2 is 2.27 bits per heavy atom. The Labute approximate surface area is 100 Å². The molecule has 1 aromatic rings. The van der Waals surface area contributed by atoms with Crippen LogP contribution in [0.2, 0.25) is 0 Å². The van der Waals surface area contributed by atoms with Crippen LogP contribution in [-0.2, 0) is 13.5 Å². The van der Waals surface area contributed by atoms with Crippen LogP contribution in [0.5, 0.6) is 0 Å². The summed E-state index contributed by atoms with van der Waals surface area (Å²) in [7, 11) is 1.99. The molecule has 1 N–H and O–H groups in total. The molecular weight excluding hydrogens is 254 g/mol. The first-order valence-electron chi connectivity index (χ1n) is 5.44. The first-order valence-corrected chi connectivity index (χ1v) is 6.35. The smallest absolute Gasteiger partial charge is 0.0492 e. The number of nitrogens with zero attached hydrogens (tertiary/aromatic N) is 2. The van der Waals surface area contributed by atoms with Gasteiger partial charge in [-0.05, 0) is 19.4 Å². The molecule has 0 saturated carbocycles. The molecule has 0 aliphatic rings. The zero-order valence-electron chi connectivity index (χ0n) is 9.70. The van der Waals surface area contributed by atoms with Crippen molar-refractivity contribution in [1.82, 2.24) is 15.1 Å². The molecular formula is C11H20BrN3. The summed E-state index contributed by atoms with van der Waals surface area (Å²) in [5.74, 6) is 0. The molecule has 15 heavy (non-hydrogen) atoms. The van der Waals surface area contributed by atoms with Gasteiger partial charge in [0.25, 0.3) is 0 Å². The van der Waals surface area contributed by atoms with Gasteiger partial charge in [-0.1, -0.05) is 22.9 Å². The molecule has 0 spiro atoms. The van der Waals surface area contributed by atoms with Gasteiger partial charge in [-0.3, -0.25) is 4.68 Å². The third-order valence-electron chi connectivity index (χ3n) is 2.47. The summed E-state index contributed by atoms with van der Waals surface area (Å²) in [5, 5.41) is 7.65. The molecule has 0 saturated heterocycles. The second-order valence-electron chi connectivity index (χ2n) is 4.07. The van der Waals surface area contributed by atoms with E-state index in [9.17, 15) is 0 Å². The summed E-state index contributed by atoms with van der Waals surface area (Å²) >= 11 is 3.56. The van der Waals surface area contributed by atoms with Gasteiger partial charge in [-0.25, -0.2) is 0 Å². The van der Waals surface area contributed by atoms with E-state index in [1.54, 1.807) is 0 Å². The van der Waals surface area contributed by atoms with E-state index in [1.165, 1.54) is 5.69 Å². The Bertz CT molecular complexity index is 283. The van der Waals surface area contributed by atoms with Crippen molar-refractivity contribution in [2.45, 2.75) is 37.6 Å². The lowest BCUT2D eigenvalue weighted by atomic mass is 10.2. The van der Waals surface area contributed by atoms with Crippen LogP contribution in [0.4, 0.5) is 0 Å². The van der Waals surface area contributed by atoms with Crippen LogP contribution < -0.4 is 5.32 Å². The number of aromatic nitrogens is 2. The standard InChI is InChI=1S/C11H20BrN3/c1-9(12)8-10(2)13-6-4-11-5-7-14-15(11)3/h5,7,9-10,13H,4,6,8H2,1-3H3. The SMILES string of the molecule is CC(Br)CC(C)NCCc1ccnn1C. The summed E-state index contributed by atoms with van der Waals surface area (Å²) in [6.45, 7) is 5.42. The number of nitrogens with one attached hydrogen (secondary N) is 1. The minimum absolute atomic E-state index is 0.563. The van der Waals surface area contributed by atoms with E-state index in [4.69, 9.17) is 0 Å². The third kappa shape index (κ3) is 4.80. The fraction of sp³-hybridized carbons (Fsp3) is 0.727. The van der Waals surface area contributed by atoms with Gasteiger partial charge in [-0.2, -0.15) is 5.10 Å². The number of alkyl halides is 1. The van der Waals surface area contributed by atoms with Crippen LogP contribution in [0.1, 0.15) is 26.0 Å². The van der Waals surface area contributed by atoms with Crippen molar-refractivity contribution >= 4 is 15.9 Å². The molecule has 86 valence electrons. The zero-order chi connectivity index (χ0) is 11.3. The van der Waals surface area contributed by atoms with Crippen molar-refractivity contribution in [2.24, 2.45) is 7.05 Å². The van der Waals surface area contributed by atoms with E-state index in [0.717, 1.165) is 19.4 Å². The maximum Gasteiger partial charge on any atom is 0.0492 e. The van der Waals surface area contributed by atoms with Crippen molar-refractivity contribution in [3.8, 4) is 0 Å². The monoisotopic (exact) mass is 273 g/mol. The second-order valence-corrected chi connectivity index (χ2v) is 5.63. The van der Waals surface area contributed by atoms with Gasteiger partial charge in [0.05, 0.1) is 0 Å². The normalized spacial score (nSPS) is 15.2. The molecule has 1 heterocycles. The third-order valence-corrected chi connectivity index (χ3v) is 2.85. The molecule has 0 radical (unpaired) electrons. The maximum absolute atomic E-state index is 4.14. The van der Waals surface area contributed by atoms with Gasteiger partial charge in [0.1, 0.15) is 0 Å². The number of halogens is 1. The number of aryl methyl sites for hydroxylation is 1. The lowest BCUT2D eigenvalue weighted by molar-refractivity contribution is 0.513. The number of hydrogen-bond donors (Lipinski definition) is 1. The van der Waals surface area contributed by atoms with Crippen molar-refractivity contribution in [3.63, 3.8) is 0 Å². The summed E-state index contributed by atoms with van der Waals surface area (Å²) in [6, 6.07) is 2.63. The molecule has 0 fully saturated rings. The van der Waals surface area contributed by atoms with Gasteiger partial charge in [0, 0.05) is 42.8 Å². The highest BCUT2D eigenvalue weighted by atomic mass is 79.9. The zero-order valence-corrected chi connectivity index (χ0v) is 11.3. The summed E-state index contributed by atoms with van der Waals surface area (Å²) in [5.41, 5.74) is 1.28. The largest absolute Gasteiger partial charge is 0.314 e. The van der Waals surface area contributed by atoms with Crippen LogP contribution >= 0.6 is 15.9 Å².